The lowest BCUT2D eigenvalue weighted by atomic mass is 10.1. The van der Waals surface area contributed by atoms with Gasteiger partial charge < -0.3 is 15.4 Å². The Labute approximate surface area is 192 Å². The van der Waals surface area contributed by atoms with Crippen molar-refractivity contribution in [1.82, 2.24) is 25.6 Å². The van der Waals surface area contributed by atoms with Gasteiger partial charge in [-0.15, -0.1) is 11.3 Å². The predicted octanol–water partition coefficient (Wildman–Crippen LogP) is 4.16. The Morgan fingerprint density at radius 1 is 1.21 bits per heavy atom. The lowest BCUT2D eigenvalue weighted by molar-refractivity contribution is -0.145. The van der Waals surface area contributed by atoms with Gasteiger partial charge in [0.25, 0.3) is 5.91 Å². The number of thiazole rings is 1. The Bertz CT molecular complexity index is 1130. The van der Waals surface area contributed by atoms with Gasteiger partial charge in [-0.2, -0.15) is 13.2 Å². The maximum atomic E-state index is 13.0. The third-order valence-corrected chi connectivity index (χ3v) is 6.09. The van der Waals surface area contributed by atoms with Crippen LogP contribution in [0.25, 0.3) is 10.6 Å². The zero-order chi connectivity index (χ0) is 23.6. The number of carbonyl (C=O) groups is 1. The summed E-state index contributed by atoms with van der Waals surface area (Å²) >= 11 is 1.51. The molecule has 1 aliphatic heterocycles. The number of hydrogen-bond acceptors (Lipinski definition) is 7. The molecule has 1 aliphatic rings. The lowest BCUT2D eigenvalue weighted by Crippen LogP contribution is -2.27. The molecule has 1 amide bonds. The fraction of sp³-hybridized carbons (Fsp3) is 0.364. The van der Waals surface area contributed by atoms with Crippen molar-refractivity contribution in [1.29, 1.82) is 0 Å². The van der Waals surface area contributed by atoms with E-state index in [0.29, 0.717) is 16.9 Å². The highest BCUT2D eigenvalue weighted by Crippen LogP contribution is 2.31. The van der Waals surface area contributed by atoms with Crippen LogP contribution in [0, 0.1) is 6.92 Å². The average molecular weight is 478 g/mol. The highest BCUT2D eigenvalue weighted by Gasteiger charge is 2.34. The van der Waals surface area contributed by atoms with Crippen molar-refractivity contribution in [3.05, 3.63) is 58.6 Å². The number of aromatic nitrogens is 3. The molecule has 1 fully saturated rings. The number of nitrogens with one attached hydrogen (secondary N) is 2. The summed E-state index contributed by atoms with van der Waals surface area (Å²) in [6, 6.07) is 4.64. The van der Waals surface area contributed by atoms with E-state index < -0.39 is 23.9 Å². The molecule has 33 heavy (non-hydrogen) atoms. The molecule has 1 unspecified atom stereocenters. The molecule has 2 atom stereocenters. The Balaban J connectivity index is 1.56. The van der Waals surface area contributed by atoms with Crippen LogP contribution < -0.4 is 15.4 Å². The van der Waals surface area contributed by atoms with Gasteiger partial charge in [-0.25, -0.2) is 15.0 Å². The third kappa shape index (κ3) is 5.66. The molecule has 2 N–H and O–H groups in total. The minimum atomic E-state index is -4.62. The molecular weight excluding hydrogens is 455 g/mol. The van der Waals surface area contributed by atoms with E-state index >= 15 is 0 Å². The molecule has 1 aromatic carbocycles. The van der Waals surface area contributed by atoms with Gasteiger partial charge in [0, 0.05) is 46.7 Å². The number of nitrogens with zero attached hydrogens (tertiary/aromatic N) is 3. The molecule has 174 valence electrons. The summed E-state index contributed by atoms with van der Waals surface area (Å²) in [5, 5.41) is 6.80. The standard InChI is InChI=1S/C22H22F3N5O2S/c1-12-8-27-20(33-12)15-5-14(6-18(7-15)32-17-3-4-26-11-17)19(31)30-13(2)16-9-28-21(29-10-16)22(23,24)25/h5-10,13,17,26H,3-4,11H2,1-2H3,(H,30,31)/t13?,17-/m0/s1. The number of ether oxygens (including phenoxy) is 1. The summed E-state index contributed by atoms with van der Waals surface area (Å²) in [5.41, 5.74) is 1.48. The Morgan fingerprint density at radius 3 is 2.58 bits per heavy atom. The second-order valence-electron chi connectivity index (χ2n) is 7.79. The minimum Gasteiger partial charge on any atom is -0.489 e. The van der Waals surface area contributed by atoms with E-state index in [-0.39, 0.29) is 6.10 Å². The van der Waals surface area contributed by atoms with E-state index in [1.54, 1.807) is 25.3 Å². The molecule has 1 saturated heterocycles. The molecule has 2 aromatic heterocycles. The predicted molar refractivity (Wildman–Crippen MR) is 117 cm³/mol. The van der Waals surface area contributed by atoms with Crippen molar-refractivity contribution in [2.24, 2.45) is 0 Å². The smallest absolute Gasteiger partial charge is 0.451 e. The molecule has 0 spiro atoms. The molecule has 0 aliphatic carbocycles. The molecular formula is C22H22F3N5O2S. The first-order valence-electron chi connectivity index (χ1n) is 10.3. The van der Waals surface area contributed by atoms with Crippen LogP contribution in [0.15, 0.2) is 36.8 Å². The van der Waals surface area contributed by atoms with Crippen molar-refractivity contribution in [2.75, 3.05) is 13.1 Å². The normalized spacial score (nSPS) is 17.1. The van der Waals surface area contributed by atoms with E-state index in [2.05, 4.69) is 25.6 Å². The fourth-order valence-electron chi connectivity index (χ4n) is 3.40. The number of carbonyl (C=O) groups excluding carboxylic acids is 1. The maximum absolute atomic E-state index is 13.0. The van der Waals surface area contributed by atoms with Crippen LogP contribution in [-0.2, 0) is 6.18 Å². The number of benzene rings is 1. The molecule has 7 nitrogen and oxygen atoms in total. The molecule has 4 rings (SSSR count). The Morgan fingerprint density at radius 2 is 1.97 bits per heavy atom. The number of halogens is 3. The minimum absolute atomic E-state index is 0.0115. The van der Waals surface area contributed by atoms with Gasteiger partial charge in [-0.05, 0) is 45.0 Å². The van der Waals surface area contributed by atoms with Crippen LogP contribution in [0.5, 0.6) is 5.75 Å². The molecule has 0 radical (unpaired) electrons. The number of rotatable bonds is 6. The third-order valence-electron chi connectivity index (χ3n) is 5.13. The first-order chi connectivity index (χ1) is 15.7. The van der Waals surface area contributed by atoms with E-state index in [0.717, 1.165) is 47.4 Å². The van der Waals surface area contributed by atoms with Crippen molar-refractivity contribution in [3.8, 4) is 16.3 Å². The number of alkyl halides is 3. The highest BCUT2D eigenvalue weighted by molar-refractivity contribution is 7.14. The summed E-state index contributed by atoms with van der Waals surface area (Å²) in [7, 11) is 0. The van der Waals surface area contributed by atoms with Gasteiger partial charge in [0.15, 0.2) is 0 Å². The van der Waals surface area contributed by atoms with Gasteiger partial charge in [0.2, 0.25) is 5.82 Å². The van der Waals surface area contributed by atoms with E-state index in [4.69, 9.17) is 4.74 Å². The van der Waals surface area contributed by atoms with Gasteiger partial charge in [0.05, 0.1) is 6.04 Å². The SMILES string of the molecule is Cc1cnc(-c2cc(O[C@H]3CCNC3)cc(C(=O)NC(C)c3cnc(C(F)(F)F)nc3)c2)s1. The summed E-state index contributed by atoms with van der Waals surface area (Å²) in [4.78, 5) is 25.2. The first-order valence-corrected chi connectivity index (χ1v) is 11.2. The van der Waals surface area contributed by atoms with Crippen LogP contribution in [0.1, 0.15) is 46.0 Å². The van der Waals surface area contributed by atoms with Crippen molar-refractivity contribution >= 4 is 17.2 Å². The largest absolute Gasteiger partial charge is 0.489 e. The van der Waals surface area contributed by atoms with Crippen LogP contribution in [-0.4, -0.2) is 40.1 Å². The second-order valence-corrected chi connectivity index (χ2v) is 9.02. The van der Waals surface area contributed by atoms with Crippen LogP contribution >= 0.6 is 11.3 Å². The molecule has 0 bridgehead atoms. The van der Waals surface area contributed by atoms with E-state index in [9.17, 15) is 18.0 Å². The Hall–Kier alpha value is -3.05. The summed E-state index contributed by atoms with van der Waals surface area (Å²) in [6.07, 6.45) is 0.157. The number of aryl methyl sites for hydroxylation is 1. The highest BCUT2D eigenvalue weighted by atomic mass is 32.1. The maximum Gasteiger partial charge on any atom is 0.451 e. The van der Waals surface area contributed by atoms with Crippen LogP contribution in [0.3, 0.4) is 0 Å². The monoisotopic (exact) mass is 477 g/mol. The molecule has 0 saturated carbocycles. The van der Waals surface area contributed by atoms with Crippen molar-refractivity contribution in [2.45, 2.75) is 38.6 Å². The van der Waals surface area contributed by atoms with Gasteiger partial charge in [-0.1, -0.05) is 0 Å². The summed E-state index contributed by atoms with van der Waals surface area (Å²) in [6.45, 7) is 5.20. The summed E-state index contributed by atoms with van der Waals surface area (Å²) in [5.74, 6) is -1.06. The topological polar surface area (TPSA) is 89.0 Å². The zero-order valence-electron chi connectivity index (χ0n) is 17.9. The fourth-order valence-corrected chi connectivity index (χ4v) is 4.15. The number of hydrogen-bond donors (Lipinski definition) is 2. The van der Waals surface area contributed by atoms with Crippen molar-refractivity contribution < 1.29 is 22.7 Å². The van der Waals surface area contributed by atoms with Crippen LogP contribution in [0.2, 0.25) is 0 Å². The second kappa shape index (κ2) is 9.44. The molecule has 3 heterocycles. The molecule has 11 heteroatoms. The van der Waals surface area contributed by atoms with E-state index in [1.165, 1.54) is 11.3 Å². The quantitative estimate of drug-likeness (QED) is 0.554. The molecule has 3 aromatic rings. The van der Waals surface area contributed by atoms with Gasteiger partial charge in [0.1, 0.15) is 16.9 Å². The van der Waals surface area contributed by atoms with Gasteiger partial charge in [-0.3, -0.25) is 4.79 Å². The zero-order valence-corrected chi connectivity index (χ0v) is 18.8. The lowest BCUT2D eigenvalue weighted by Gasteiger charge is -2.17. The summed E-state index contributed by atoms with van der Waals surface area (Å²) < 4.78 is 44.2. The Kier molecular flexibility index (Phi) is 6.61. The average Bonchev–Trinajstić information content (AvgIpc) is 3.44. The first kappa shape index (κ1) is 23.1. The van der Waals surface area contributed by atoms with Crippen LogP contribution in [0.4, 0.5) is 13.2 Å². The number of amides is 1. The van der Waals surface area contributed by atoms with E-state index in [1.807, 2.05) is 13.0 Å². The van der Waals surface area contributed by atoms with Crippen molar-refractivity contribution in [3.63, 3.8) is 0 Å². The van der Waals surface area contributed by atoms with Gasteiger partial charge >= 0.3 is 6.18 Å².